The van der Waals surface area contributed by atoms with Gasteiger partial charge in [0.05, 0.1) is 19.3 Å². The molecule has 1 aromatic rings. The topological polar surface area (TPSA) is 78.4 Å². The van der Waals surface area contributed by atoms with Crippen molar-refractivity contribution in [3.8, 4) is 5.75 Å². The number of benzene rings is 1. The third-order valence-electron chi connectivity index (χ3n) is 4.85. The number of nitrogens with one attached hydrogen (secondary N) is 2. The molecule has 178 valence electrons. The van der Waals surface area contributed by atoms with Crippen molar-refractivity contribution in [1.82, 2.24) is 15.5 Å². The first-order valence-corrected chi connectivity index (χ1v) is 10.9. The zero-order valence-electron chi connectivity index (χ0n) is 18.8. The average molecular weight is 552 g/mol. The molecule has 1 saturated heterocycles. The van der Waals surface area contributed by atoms with Crippen LogP contribution in [0.4, 0.5) is 4.39 Å². The van der Waals surface area contributed by atoms with Gasteiger partial charge in [-0.25, -0.2) is 4.39 Å². The number of guanidine groups is 1. The van der Waals surface area contributed by atoms with Crippen LogP contribution >= 0.6 is 24.0 Å². The maximum Gasteiger partial charge on any atom is 0.191 e. The summed E-state index contributed by atoms with van der Waals surface area (Å²) in [6.45, 7) is 11.0. The summed E-state index contributed by atoms with van der Waals surface area (Å²) in [6.07, 6.45) is 1.62. The molecule has 0 radical (unpaired) electrons. The number of hydrogen-bond donors (Lipinski definition) is 3. The maximum atomic E-state index is 12.9. The number of aliphatic hydroxyl groups excluding tert-OH is 1. The lowest BCUT2D eigenvalue weighted by Gasteiger charge is -2.33. The van der Waals surface area contributed by atoms with Gasteiger partial charge in [0.25, 0.3) is 0 Å². The zero-order valence-corrected chi connectivity index (χ0v) is 21.2. The van der Waals surface area contributed by atoms with E-state index in [0.717, 1.165) is 45.6 Å². The molecule has 1 aliphatic rings. The van der Waals surface area contributed by atoms with E-state index in [0.29, 0.717) is 17.8 Å². The van der Waals surface area contributed by atoms with Gasteiger partial charge in [-0.3, -0.25) is 4.99 Å². The van der Waals surface area contributed by atoms with Gasteiger partial charge in [-0.2, -0.15) is 0 Å². The summed E-state index contributed by atoms with van der Waals surface area (Å²) in [6, 6.07) is 6.10. The quantitative estimate of drug-likeness (QED) is 0.223. The predicted molar refractivity (Wildman–Crippen MR) is 133 cm³/mol. The molecule has 9 heteroatoms. The molecule has 1 heterocycles. The Morgan fingerprint density at radius 2 is 1.94 bits per heavy atom. The second kappa shape index (κ2) is 15.6. The third-order valence-corrected chi connectivity index (χ3v) is 4.85. The predicted octanol–water partition coefficient (Wildman–Crippen LogP) is 2.63. The normalized spacial score (nSPS) is 16.6. The van der Waals surface area contributed by atoms with Gasteiger partial charge >= 0.3 is 0 Å². The Morgan fingerprint density at radius 3 is 2.55 bits per heavy atom. The van der Waals surface area contributed by atoms with Gasteiger partial charge in [-0.1, -0.05) is 0 Å². The van der Waals surface area contributed by atoms with E-state index in [-0.39, 0.29) is 49.0 Å². The summed E-state index contributed by atoms with van der Waals surface area (Å²) < 4.78 is 24.0. The molecule has 0 spiro atoms. The Labute approximate surface area is 202 Å². The van der Waals surface area contributed by atoms with E-state index in [1.165, 1.54) is 24.3 Å². The molecule has 1 fully saturated rings. The van der Waals surface area contributed by atoms with Crippen molar-refractivity contribution in [2.45, 2.75) is 51.9 Å². The number of likely N-dealkylation sites (tertiary alicyclic amines) is 1. The second-order valence-electron chi connectivity index (χ2n) is 7.82. The number of aliphatic hydroxyl groups is 1. The highest BCUT2D eigenvalue weighted by molar-refractivity contribution is 14.0. The lowest BCUT2D eigenvalue weighted by molar-refractivity contribution is 0.0532. The fourth-order valence-corrected chi connectivity index (χ4v) is 3.20. The van der Waals surface area contributed by atoms with Crippen molar-refractivity contribution in [3.63, 3.8) is 0 Å². The van der Waals surface area contributed by atoms with E-state index < -0.39 is 6.10 Å². The van der Waals surface area contributed by atoms with Crippen LogP contribution in [-0.4, -0.2) is 80.2 Å². The molecule has 1 atom stereocenters. The van der Waals surface area contributed by atoms with Crippen LogP contribution in [0.2, 0.25) is 0 Å². The molecule has 1 aliphatic heterocycles. The van der Waals surface area contributed by atoms with Crippen LogP contribution in [0.3, 0.4) is 0 Å². The maximum absolute atomic E-state index is 12.9. The van der Waals surface area contributed by atoms with Crippen molar-refractivity contribution in [3.05, 3.63) is 30.1 Å². The summed E-state index contributed by atoms with van der Waals surface area (Å²) in [5.74, 6) is 0.915. The lowest BCUT2D eigenvalue weighted by Crippen LogP contribution is -2.49. The molecule has 2 rings (SSSR count). The standard InChI is InChI=1S/C22H37FN4O3.HI/c1-4-24-22(25-15-20(28)16-30-21-7-5-18(23)6-8-21)26-19-9-11-27(12-10-19)13-14-29-17(2)3;/h5-8,17,19-20,28H,4,9-16H2,1-3H3,(H2,24,25,26);1H. The smallest absolute Gasteiger partial charge is 0.191 e. The molecular weight excluding hydrogens is 514 g/mol. The molecule has 1 aromatic carbocycles. The first kappa shape index (κ1) is 27.9. The zero-order chi connectivity index (χ0) is 21.8. The van der Waals surface area contributed by atoms with E-state index in [4.69, 9.17) is 9.47 Å². The Kier molecular flexibility index (Phi) is 14.0. The highest BCUT2D eigenvalue weighted by Crippen LogP contribution is 2.12. The largest absolute Gasteiger partial charge is 0.491 e. The number of ether oxygens (including phenoxy) is 2. The van der Waals surface area contributed by atoms with Gasteiger partial charge in [0.2, 0.25) is 0 Å². The van der Waals surface area contributed by atoms with Crippen molar-refractivity contribution < 1.29 is 19.0 Å². The van der Waals surface area contributed by atoms with Crippen molar-refractivity contribution in [1.29, 1.82) is 0 Å². The third kappa shape index (κ3) is 11.9. The van der Waals surface area contributed by atoms with Crippen LogP contribution in [0.25, 0.3) is 0 Å². The molecule has 0 aromatic heterocycles. The van der Waals surface area contributed by atoms with Gasteiger partial charge in [-0.05, 0) is 57.9 Å². The Morgan fingerprint density at radius 1 is 1.26 bits per heavy atom. The minimum Gasteiger partial charge on any atom is -0.491 e. The molecule has 3 N–H and O–H groups in total. The van der Waals surface area contributed by atoms with Crippen LogP contribution in [0.5, 0.6) is 5.75 Å². The van der Waals surface area contributed by atoms with Crippen LogP contribution in [-0.2, 0) is 4.74 Å². The van der Waals surface area contributed by atoms with Gasteiger partial charge in [0.1, 0.15) is 24.3 Å². The van der Waals surface area contributed by atoms with Crippen molar-refractivity contribution in [2.24, 2.45) is 4.99 Å². The molecule has 0 aliphatic carbocycles. The summed E-state index contributed by atoms with van der Waals surface area (Å²) in [5, 5.41) is 16.9. The van der Waals surface area contributed by atoms with Crippen molar-refractivity contribution >= 4 is 29.9 Å². The van der Waals surface area contributed by atoms with Crippen LogP contribution in [0.1, 0.15) is 33.6 Å². The van der Waals surface area contributed by atoms with E-state index in [1.807, 2.05) is 6.92 Å². The van der Waals surface area contributed by atoms with E-state index in [9.17, 15) is 9.50 Å². The van der Waals surface area contributed by atoms with Crippen molar-refractivity contribution in [2.75, 3.05) is 45.9 Å². The molecule has 1 unspecified atom stereocenters. The molecule has 0 saturated carbocycles. The molecule has 0 bridgehead atoms. The second-order valence-corrected chi connectivity index (χ2v) is 7.82. The highest BCUT2D eigenvalue weighted by Gasteiger charge is 2.20. The number of nitrogens with zero attached hydrogens (tertiary/aromatic N) is 2. The minimum atomic E-state index is -0.742. The Bertz CT molecular complexity index is 626. The fraction of sp³-hybridized carbons (Fsp3) is 0.682. The molecular formula is C22H38FIN4O3. The number of halogens is 2. The Balaban J connectivity index is 0.00000480. The number of aliphatic imine (C=N–C) groups is 1. The summed E-state index contributed by atoms with van der Waals surface area (Å²) in [5.41, 5.74) is 0. The number of hydrogen-bond acceptors (Lipinski definition) is 5. The van der Waals surface area contributed by atoms with Crippen LogP contribution in [0, 0.1) is 5.82 Å². The van der Waals surface area contributed by atoms with Gasteiger partial charge in [0, 0.05) is 32.2 Å². The van der Waals surface area contributed by atoms with Crippen LogP contribution < -0.4 is 15.4 Å². The summed E-state index contributed by atoms with van der Waals surface area (Å²) >= 11 is 0. The van der Waals surface area contributed by atoms with Crippen LogP contribution in [0.15, 0.2) is 29.3 Å². The first-order valence-electron chi connectivity index (χ1n) is 10.9. The highest BCUT2D eigenvalue weighted by atomic mass is 127. The fourth-order valence-electron chi connectivity index (χ4n) is 3.20. The first-order chi connectivity index (χ1) is 14.5. The van der Waals surface area contributed by atoms with Gasteiger partial charge in [-0.15, -0.1) is 24.0 Å². The number of piperidine rings is 1. The molecule has 7 nitrogen and oxygen atoms in total. The van der Waals surface area contributed by atoms with Gasteiger partial charge in [0.15, 0.2) is 5.96 Å². The summed E-state index contributed by atoms with van der Waals surface area (Å²) in [4.78, 5) is 6.92. The van der Waals surface area contributed by atoms with Gasteiger partial charge < -0.3 is 30.1 Å². The average Bonchev–Trinajstić information content (AvgIpc) is 2.73. The van der Waals surface area contributed by atoms with E-state index in [1.54, 1.807) is 0 Å². The number of rotatable bonds is 11. The molecule has 31 heavy (non-hydrogen) atoms. The Hall–Kier alpha value is -1.17. The minimum absolute atomic E-state index is 0. The lowest BCUT2D eigenvalue weighted by atomic mass is 10.1. The van der Waals surface area contributed by atoms with E-state index in [2.05, 4.69) is 34.4 Å². The molecule has 0 amide bonds. The summed E-state index contributed by atoms with van der Waals surface area (Å²) in [7, 11) is 0. The monoisotopic (exact) mass is 552 g/mol. The SMILES string of the molecule is CCNC(=NCC(O)COc1ccc(F)cc1)NC1CCN(CCOC(C)C)CC1.I. The van der Waals surface area contributed by atoms with E-state index >= 15 is 0 Å².